The highest BCUT2D eigenvalue weighted by Crippen LogP contribution is 2.05. The number of rotatable bonds is 1. The summed E-state index contributed by atoms with van der Waals surface area (Å²) in [7, 11) is 0. The van der Waals surface area contributed by atoms with Crippen molar-refractivity contribution >= 4 is 0 Å². The molecule has 0 unspecified atom stereocenters. The highest BCUT2D eigenvalue weighted by molar-refractivity contribution is 5.35. The molecular weight excluding hydrogens is 182 g/mol. The van der Waals surface area contributed by atoms with Gasteiger partial charge in [-0.05, 0) is 45.0 Å². The Bertz CT molecular complexity index is 361. The lowest BCUT2D eigenvalue weighted by Crippen LogP contribution is -2.18. The predicted molar refractivity (Wildman–Crippen MR) is 63.7 cm³/mol. The molecule has 0 amide bonds. The van der Waals surface area contributed by atoms with E-state index in [2.05, 4.69) is 47.9 Å². The molecule has 1 aliphatic heterocycles. The van der Waals surface area contributed by atoms with Crippen LogP contribution in [0.25, 0.3) is 0 Å². The summed E-state index contributed by atoms with van der Waals surface area (Å²) >= 11 is 0. The van der Waals surface area contributed by atoms with E-state index in [4.69, 9.17) is 0 Å². The molecule has 1 aromatic rings. The molecule has 2 rings (SSSR count). The molecule has 1 heteroatoms. The molecule has 0 radical (unpaired) electrons. The zero-order chi connectivity index (χ0) is 10.5. The van der Waals surface area contributed by atoms with Crippen molar-refractivity contribution in [2.24, 2.45) is 0 Å². The number of nitrogens with zero attached hydrogens (tertiary/aromatic N) is 1. The zero-order valence-electron chi connectivity index (χ0n) is 9.29. The Balaban J connectivity index is 1.90. The van der Waals surface area contributed by atoms with Gasteiger partial charge in [-0.25, -0.2) is 0 Å². The smallest absolute Gasteiger partial charge is 0.0605 e. The Morgan fingerprint density at radius 2 is 1.80 bits per heavy atom. The van der Waals surface area contributed by atoms with Crippen LogP contribution >= 0.6 is 0 Å². The monoisotopic (exact) mass is 199 g/mol. The first-order chi connectivity index (χ1) is 7.34. The minimum Gasteiger partial charge on any atom is -0.292 e. The summed E-state index contributed by atoms with van der Waals surface area (Å²) in [5.74, 6) is 6.45. The second kappa shape index (κ2) is 5.00. The normalized spacial score (nSPS) is 16.1. The molecular formula is C14H17N. The molecule has 78 valence electrons. The van der Waals surface area contributed by atoms with Gasteiger partial charge in [0.25, 0.3) is 0 Å². The van der Waals surface area contributed by atoms with Gasteiger partial charge in [0.2, 0.25) is 0 Å². The quantitative estimate of drug-likeness (QED) is 0.628. The second-order valence-electron chi connectivity index (χ2n) is 4.15. The maximum Gasteiger partial charge on any atom is 0.0605 e. The summed E-state index contributed by atoms with van der Waals surface area (Å²) in [5, 5.41) is 0. The second-order valence-corrected chi connectivity index (χ2v) is 4.15. The number of aryl methyl sites for hydroxylation is 1. The minimum atomic E-state index is 0.924. The Morgan fingerprint density at radius 3 is 2.47 bits per heavy atom. The Kier molecular flexibility index (Phi) is 3.42. The highest BCUT2D eigenvalue weighted by atomic mass is 15.1. The molecule has 1 aliphatic rings. The maximum atomic E-state index is 3.24. The molecule has 0 spiro atoms. The van der Waals surface area contributed by atoms with Gasteiger partial charge in [0.1, 0.15) is 0 Å². The van der Waals surface area contributed by atoms with E-state index in [9.17, 15) is 0 Å². The van der Waals surface area contributed by atoms with Gasteiger partial charge in [0.15, 0.2) is 0 Å². The van der Waals surface area contributed by atoms with Gasteiger partial charge in [-0.15, -0.1) is 0 Å². The third-order valence-corrected chi connectivity index (χ3v) is 2.79. The molecule has 1 aromatic carbocycles. The summed E-state index contributed by atoms with van der Waals surface area (Å²) in [6, 6.07) is 8.40. The van der Waals surface area contributed by atoms with Crippen molar-refractivity contribution in [2.45, 2.75) is 19.8 Å². The Labute approximate surface area is 92.1 Å². The van der Waals surface area contributed by atoms with Crippen molar-refractivity contribution < 1.29 is 0 Å². The Hall–Kier alpha value is -1.26. The lowest BCUT2D eigenvalue weighted by atomic mass is 10.1. The van der Waals surface area contributed by atoms with E-state index < -0.39 is 0 Å². The number of benzene rings is 1. The average Bonchev–Trinajstić information content (AvgIpc) is 2.74. The number of hydrogen-bond donors (Lipinski definition) is 0. The summed E-state index contributed by atoms with van der Waals surface area (Å²) in [4.78, 5) is 2.42. The molecule has 0 aliphatic carbocycles. The molecule has 1 saturated heterocycles. The fourth-order valence-electron chi connectivity index (χ4n) is 1.83. The van der Waals surface area contributed by atoms with Gasteiger partial charge < -0.3 is 0 Å². The van der Waals surface area contributed by atoms with Crippen LogP contribution in [0.3, 0.4) is 0 Å². The first-order valence-corrected chi connectivity index (χ1v) is 5.62. The van der Waals surface area contributed by atoms with E-state index in [-0.39, 0.29) is 0 Å². The molecule has 1 fully saturated rings. The first kappa shape index (κ1) is 10.3. The van der Waals surface area contributed by atoms with Crippen molar-refractivity contribution in [3.05, 3.63) is 35.4 Å². The molecule has 0 atom stereocenters. The number of likely N-dealkylation sites (tertiary alicyclic amines) is 1. The standard InChI is InChI=1S/C14H17N/c1-13-6-8-14(9-7-13)5-4-12-15-10-2-3-11-15/h6-9H,2-3,10-12H2,1H3. The van der Waals surface area contributed by atoms with Gasteiger partial charge in [-0.3, -0.25) is 4.90 Å². The zero-order valence-corrected chi connectivity index (χ0v) is 9.29. The molecule has 0 saturated carbocycles. The van der Waals surface area contributed by atoms with Crippen LogP contribution in [0.2, 0.25) is 0 Å². The van der Waals surface area contributed by atoms with Crippen LogP contribution in [0.4, 0.5) is 0 Å². The first-order valence-electron chi connectivity index (χ1n) is 5.62. The molecule has 15 heavy (non-hydrogen) atoms. The van der Waals surface area contributed by atoms with Crippen LogP contribution in [0.5, 0.6) is 0 Å². The topological polar surface area (TPSA) is 3.24 Å². The lowest BCUT2D eigenvalue weighted by molar-refractivity contribution is 0.383. The largest absolute Gasteiger partial charge is 0.292 e. The van der Waals surface area contributed by atoms with Crippen LogP contribution in [0, 0.1) is 18.8 Å². The molecule has 1 heterocycles. The van der Waals surface area contributed by atoms with E-state index >= 15 is 0 Å². The number of hydrogen-bond acceptors (Lipinski definition) is 1. The molecule has 0 bridgehead atoms. The van der Waals surface area contributed by atoms with Crippen molar-refractivity contribution in [3.8, 4) is 11.8 Å². The van der Waals surface area contributed by atoms with Crippen molar-refractivity contribution in [1.82, 2.24) is 4.90 Å². The van der Waals surface area contributed by atoms with E-state index in [1.54, 1.807) is 0 Å². The van der Waals surface area contributed by atoms with E-state index in [0.29, 0.717) is 0 Å². The summed E-state index contributed by atoms with van der Waals surface area (Å²) in [6.07, 6.45) is 2.68. The third-order valence-electron chi connectivity index (χ3n) is 2.79. The van der Waals surface area contributed by atoms with Crippen LogP contribution in [0.15, 0.2) is 24.3 Å². The van der Waals surface area contributed by atoms with E-state index in [1.165, 1.54) is 31.5 Å². The maximum absolute atomic E-state index is 3.24. The molecule has 0 N–H and O–H groups in total. The third kappa shape index (κ3) is 3.11. The summed E-state index contributed by atoms with van der Waals surface area (Å²) < 4.78 is 0. The summed E-state index contributed by atoms with van der Waals surface area (Å²) in [5.41, 5.74) is 2.42. The van der Waals surface area contributed by atoms with E-state index in [0.717, 1.165) is 12.1 Å². The van der Waals surface area contributed by atoms with Gasteiger partial charge in [-0.2, -0.15) is 0 Å². The lowest BCUT2D eigenvalue weighted by Gasteiger charge is -2.08. The minimum absolute atomic E-state index is 0.924. The Morgan fingerprint density at radius 1 is 1.13 bits per heavy atom. The summed E-state index contributed by atoms with van der Waals surface area (Å²) in [6.45, 7) is 5.47. The average molecular weight is 199 g/mol. The SMILES string of the molecule is Cc1ccc(C#CCN2CCCC2)cc1. The predicted octanol–water partition coefficient (Wildman–Crippen LogP) is 2.44. The van der Waals surface area contributed by atoms with Crippen molar-refractivity contribution in [1.29, 1.82) is 0 Å². The van der Waals surface area contributed by atoms with Crippen LogP contribution in [-0.2, 0) is 0 Å². The molecule has 1 nitrogen and oxygen atoms in total. The van der Waals surface area contributed by atoms with Gasteiger partial charge >= 0.3 is 0 Å². The fraction of sp³-hybridized carbons (Fsp3) is 0.429. The van der Waals surface area contributed by atoms with Gasteiger partial charge in [0.05, 0.1) is 6.54 Å². The van der Waals surface area contributed by atoms with E-state index in [1.807, 2.05) is 0 Å². The van der Waals surface area contributed by atoms with Crippen LogP contribution in [-0.4, -0.2) is 24.5 Å². The van der Waals surface area contributed by atoms with Gasteiger partial charge in [-0.1, -0.05) is 29.5 Å². The van der Waals surface area contributed by atoms with Crippen LogP contribution in [0.1, 0.15) is 24.0 Å². The molecule has 0 aromatic heterocycles. The highest BCUT2D eigenvalue weighted by Gasteiger charge is 2.08. The van der Waals surface area contributed by atoms with Gasteiger partial charge in [0, 0.05) is 5.56 Å². The van der Waals surface area contributed by atoms with Crippen molar-refractivity contribution in [3.63, 3.8) is 0 Å². The van der Waals surface area contributed by atoms with Crippen LogP contribution < -0.4 is 0 Å². The fourth-order valence-corrected chi connectivity index (χ4v) is 1.83. The van der Waals surface area contributed by atoms with Crippen molar-refractivity contribution in [2.75, 3.05) is 19.6 Å².